The molecule has 1 aromatic heterocycles. The quantitative estimate of drug-likeness (QED) is 0.845. The number of halogens is 1. The van der Waals surface area contributed by atoms with Crippen molar-refractivity contribution in [3.05, 3.63) is 46.7 Å². The molecule has 2 amide bonds. The first-order valence-corrected chi connectivity index (χ1v) is 9.46. The first-order chi connectivity index (χ1) is 13.0. The Bertz CT molecular complexity index is 827. The van der Waals surface area contributed by atoms with Gasteiger partial charge in [0, 0.05) is 37.7 Å². The van der Waals surface area contributed by atoms with E-state index in [4.69, 9.17) is 11.6 Å². The van der Waals surface area contributed by atoms with Crippen molar-refractivity contribution in [3.8, 4) is 5.69 Å². The second-order valence-corrected chi connectivity index (χ2v) is 6.99. The van der Waals surface area contributed by atoms with Crippen LogP contribution in [0.2, 0.25) is 5.02 Å². The van der Waals surface area contributed by atoms with E-state index in [1.807, 2.05) is 36.9 Å². The maximum absolute atomic E-state index is 12.9. The summed E-state index contributed by atoms with van der Waals surface area (Å²) in [5.74, 6) is -0.00522. The standard InChI is InChI=1S/C19H24ClN5O2/c1-3-21-18(26)13-23-7-9-24(10-8-23)19(27)17-12-22-25(14(17)2)16-6-4-5-15(20)11-16/h4-6,11-12H,3,7-10,13H2,1-2H3,(H,21,26). The molecule has 7 nitrogen and oxygen atoms in total. The number of rotatable bonds is 5. The second kappa shape index (κ2) is 8.54. The van der Waals surface area contributed by atoms with E-state index >= 15 is 0 Å². The lowest BCUT2D eigenvalue weighted by molar-refractivity contribution is -0.122. The summed E-state index contributed by atoms with van der Waals surface area (Å²) in [7, 11) is 0. The van der Waals surface area contributed by atoms with Crippen molar-refractivity contribution < 1.29 is 9.59 Å². The van der Waals surface area contributed by atoms with Crippen LogP contribution in [0.1, 0.15) is 23.0 Å². The van der Waals surface area contributed by atoms with Crippen LogP contribution >= 0.6 is 11.6 Å². The van der Waals surface area contributed by atoms with E-state index in [1.54, 1.807) is 16.9 Å². The summed E-state index contributed by atoms with van der Waals surface area (Å²) in [5.41, 5.74) is 2.20. The number of amides is 2. The van der Waals surface area contributed by atoms with E-state index in [9.17, 15) is 9.59 Å². The molecule has 3 rings (SSSR count). The van der Waals surface area contributed by atoms with Gasteiger partial charge in [-0.15, -0.1) is 0 Å². The summed E-state index contributed by atoms with van der Waals surface area (Å²) in [5, 5.41) is 7.79. The molecular formula is C19H24ClN5O2. The highest BCUT2D eigenvalue weighted by atomic mass is 35.5. The molecule has 0 bridgehead atoms. The number of aromatic nitrogens is 2. The van der Waals surface area contributed by atoms with Gasteiger partial charge in [0.1, 0.15) is 0 Å². The Kier molecular flexibility index (Phi) is 6.13. The topological polar surface area (TPSA) is 70.5 Å². The van der Waals surface area contributed by atoms with Crippen LogP contribution in [-0.2, 0) is 4.79 Å². The van der Waals surface area contributed by atoms with Crippen LogP contribution in [0.25, 0.3) is 5.69 Å². The van der Waals surface area contributed by atoms with Gasteiger partial charge in [0.05, 0.1) is 29.7 Å². The zero-order valence-corrected chi connectivity index (χ0v) is 16.4. The number of nitrogens with one attached hydrogen (secondary N) is 1. The Hall–Kier alpha value is -2.38. The lowest BCUT2D eigenvalue weighted by atomic mass is 10.2. The van der Waals surface area contributed by atoms with Crippen LogP contribution < -0.4 is 5.32 Å². The van der Waals surface area contributed by atoms with Crippen LogP contribution in [-0.4, -0.2) is 70.7 Å². The summed E-state index contributed by atoms with van der Waals surface area (Å²) in [6.45, 7) is 7.36. The molecule has 0 saturated carbocycles. The van der Waals surface area contributed by atoms with Gasteiger partial charge in [-0.25, -0.2) is 4.68 Å². The molecule has 0 atom stereocenters. The van der Waals surface area contributed by atoms with Gasteiger partial charge in [-0.1, -0.05) is 17.7 Å². The first-order valence-electron chi connectivity index (χ1n) is 9.08. The predicted octanol–water partition coefficient (Wildman–Crippen LogP) is 1.73. The average molecular weight is 390 g/mol. The number of benzene rings is 1. The zero-order valence-electron chi connectivity index (χ0n) is 15.6. The van der Waals surface area contributed by atoms with Crippen LogP contribution in [0.15, 0.2) is 30.5 Å². The molecule has 1 aliphatic rings. The molecule has 1 aliphatic heterocycles. The van der Waals surface area contributed by atoms with E-state index in [0.29, 0.717) is 49.9 Å². The van der Waals surface area contributed by atoms with Crippen LogP contribution in [0.4, 0.5) is 0 Å². The Morgan fingerprint density at radius 3 is 2.63 bits per heavy atom. The normalized spacial score (nSPS) is 15.0. The van der Waals surface area contributed by atoms with Crippen molar-refractivity contribution >= 4 is 23.4 Å². The molecule has 1 N–H and O–H groups in total. The minimum atomic E-state index is -0.0292. The monoisotopic (exact) mass is 389 g/mol. The molecule has 27 heavy (non-hydrogen) atoms. The number of hydrogen-bond donors (Lipinski definition) is 1. The minimum Gasteiger partial charge on any atom is -0.355 e. The van der Waals surface area contributed by atoms with Gasteiger partial charge in [0.25, 0.3) is 5.91 Å². The molecule has 144 valence electrons. The van der Waals surface area contributed by atoms with Crippen molar-refractivity contribution in [2.24, 2.45) is 0 Å². The van der Waals surface area contributed by atoms with Crippen molar-refractivity contribution in [1.29, 1.82) is 0 Å². The predicted molar refractivity (Wildman–Crippen MR) is 104 cm³/mol. The zero-order chi connectivity index (χ0) is 19.4. The molecular weight excluding hydrogens is 366 g/mol. The van der Waals surface area contributed by atoms with E-state index in [0.717, 1.165) is 11.4 Å². The van der Waals surface area contributed by atoms with E-state index < -0.39 is 0 Å². The fraction of sp³-hybridized carbons (Fsp3) is 0.421. The number of nitrogens with zero attached hydrogens (tertiary/aromatic N) is 4. The van der Waals surface area contributed by atoms with Gasteiger partial charge in [-0.05, 0) is 32.0 Å². The third-order valence-electron chi connectivity index (χ3n) is 4.69. The smallest absolute Gasteiger partial charge is 0.257 e. The van der Waals surface area contributed by atoms with Crippen LogP contribution in [0.5, 0.6) is 0 Å². The summed E-state index contributed by atoms with van der Waals surface area (Å²) in [4.78, 5) is 28.5. The van der Waals surface area contributed by atoms with Crippen molar-refractivity contribution in [2.45, 2.75) is 13.8 Å². The highest BCUT2D eigenvalue weighted by Gasteiger charge is 2.25. The van der Waals surface area contributed by atoms with Gasteiger partial charge in [-0.3, -0.25) is 14.5 Å². The van der Waals surface area contributed by atoms with E-state index in [1.165, 1.54) is 0 Å². The fourth-order valence-electron chi connectivity index (χ4n) is 3.22. The van der Waals surface area contributed by atoms with E-state index in [2.05, 4.69) is 15.3 Å². The van der Waals surface area contributed by atoms with Crippen LogP contribution in [0, 0.1) is 6.92 Å². The molecule has 1 fully saturated rings. The number of carbonyl (C=O) groups excluding carboxylic acids is 2. The summed E-state index contributed by atoms with van der Waals surface area (Å²) in [6.07, 6.45) is 1.61. The molecule has 0 unspecified atom stereocenters. The highest BCUT2D eigenvalue weighted by molar-refractivity contribution is 6.30. The lowest BCUT2D eigenvalue weighted by Crippen LogP contribution is -2.51. The molecule has 1 aromatic carbocycles. The Morgan fingerprint density at radius 1 is 1.22 bits per heavy atom. The number of piperazine rings is 1. The Balaban J connectivity index is 1.65. The molecule has 1 saturated heterocycles. The number of carbonyl (C=O) groups is 2. The van der Waals surface area contributed by atoms with Gasteiger partial charge in [0.15, 0.2) is 0 Å². The molecule has 2 aromatic rings. The number of hydrogen-bond acceptors (Lipinski definition) is 4. The minimum absolute atomic E-state index is 0.0240. The SMILES string of the molecule is CCNC(=O)CN1CCN(C(=O)c2cnn(-c3cccc(Cl)c3)c2C)CC1. The molecule has 0 aliphatic carbocycles. The van der Waals surface area contributed by atoms with E-state index in [-0.39, 0.29) is 11.8 Å². The van der Waals surface area contributed by atoms with Gasteiger partial charge >= 0.3 is 0 Å². The summed E-state index contributed by atoms with van der Waals surface area (Å²) < 4.78 is 1.73. The van der Waals surface area contributed by atoms with Crippen molar-refractivity contribution in [3.63, 3.8) is 0 Å². The third-order valence-corrected chi connectivity index (χ3v) is 4.93. The maximum atomic E-state index is 12.9. The fourth-order valence-corrected chi connectivity index (χ4v) is 3.41. The number of likely N-dealkylation sites (N-methyl/N-ethyl adjacent to an activating group) is 1. The molecule has 0 spiro atoms. The molecule has 2 heterocycles. The average Bonchev–Trinajstić information content (AvgIpc) is 3.03. The lowest BCUT2D eigenvalue weighted by Gasteiger charge is -2.34. The Morgan fingerprint density at radius 2 is 1.96 bits per heavy atom. The van der Waals surface area contributed by atoms with Gasteiger partial charge in [-0.2, -0.15) is 5.10 Å². The molecule has 8 heteroatoms. The van der Waals surface area contributed by atoms with Gasteiger partial charge in [0.2, 0.25) is 5.91 Å². The third kappa shape index (κ3) is 4.48. The van der Waals surface area contributed by atoms with Gasteiger partial charge < -0.3 is 10.2 Å². The Labute approximate surface area is 163 Å². The van der Waals surface area contributed by atoms with Crippen LogP contribution in [0.3, 0.4) is 0 Å². The van der Waals surface area contributed by atoms with Crippen molar-refractivity contribution in [2.75, 3.05) is 39.3 Å². The largest absolute Gasteiger partial charge is 0.355 e. The summed E-state index contributed by atoms with van der Waals surface area (Å²) in [6, 6.07) is 7.38. The highest BCUT2D eigenvalue weighted by Crippen LogP contribution is 2.19. The summed E-state index contributed by atoms with van der Waals surface area (Å²) >= 11 is 6.06. The maximum Gasteiger partial charge on any atom is 0.257 e. The first kappa shape index (κ1) is 19.4. The van der Waals surface area contributed by atoms with Crippen molar-refractivity contribution in [1.82, 2.24) is 24.9 Å². The second-order valence-electron chi connectivity index (χ2n) is 6.56. The molecule has 0 radical (unpaired) electrons.